The minimum Gasteiger partial charge on any atom is -0.465 e. The maximum Gasteiger partial charge on any atom is 0.337 e. The lowest BCUT2D eigenvalue weighted by Crippen LogP contribution is -2.31. The molecule has 0 fully saturated rings. The molecule has 2 heterocycles. The molecular formula is C18H21N3O4. The number of carbonyl (C=O) groups excluding carboxylic acids is 2. The number of hydrogen-bond acceptors (Lipinski definition) is 5. The molecule has 1 aliphatic rings. The number of aromatic nitrogens is 2. The van der Waals surface area contributed by atoms with Crippen molar-refractivity contribution in [1.29, 1.82) is 0 Å². The van der Waals surface area contributed by atoms with Gasteiger partial charge in [0.1, 0.15) is 0 Å². The second-order valence-electron chi connectivity index (χ2n) is 5.97. The number of benzene rings is 1. The van der Waals surface area contributed by atoms with Crippen LogP contribution in [0.2, 0.25) is 0 Å². The van der Waals surface area contributed by atoms with Crippen LogP contribution in [0.5, 0.6) is 0 Å². The first-order chi connectivity index (χ1) is 12.1. The van der Waals surface area contributed by atoms with Crippen molar-refractivity contribution in [2.75, 3.05) is 27.4 Å². The summed E-state index contributed by atoms with van der Waals surface area (Å²) in [6.45, 7) is 3.07. The van der Waals surface area contributed by atoms with E-state index >= 15 is 0 Å². The molecule has 0 saturated carbocycles. The second kappa shape index (κ2) is 7.06. The Bertz CT molecular complexity index is 782. The Kier molecular flexibility index (Phi) is 4.85. The molecule has 7 nitrogen and oxygen atoms in total. The first kappa shape index (κ1) is 17.2. The van der Waals surface area contributed by atoms with Gasteiger partial charge in [0, 0.05) is 31.5 Å². The van der Waals surface area contributed by atoms with E-state index in [1.54, 1.807) is 19.2 Å². The van der Waals surface area contributed by atoms with Crippen molar-refractivity contribution >= 4 is 11.9 Å². The number of methoxy groups -OCH3 is 2. The average molecular weight is 343 g/mol. The highest BCUT2D eigenvalue weighted by Crippen LogP contribution is 2.39. The van der Waals surface area contributed by atoms with Gasteiger partial charge in [0.2, 0.25) is 0 Å². The Balaban J connectivity index is 1.95. The van der Waals surface area contributed by atoms with Crippen LogP contribution in [0.1, 0.15) is 50.1 Å². The fourth-order valence-electron chi connectivity index (χ4n) is 3.22. The van der Waals surface area contributed by atoms with Gasteiger partial charge in [0.15, 0.2) is 5.69 Å². The average Bonchev–Trinajstić information content (AvgIpc) is 3.14. The Hall–Kier alpha value is -2.67. The third-order valence-electron chi connectivity index (χ3n) is 4.44. The Morgan fingerprint density at radius 1 is 1.28 bits per heavy atom. The summed E-state index contributed by atoms with van der Waals surface area (Å²) in [6.07, 6.45) is 0.742. The van der Waals surface area contributed by atoms with Crippen LogP contribution in [0.4, 0.5) is 0 Å². The highest BCUT2D eigenvalue weighted by atomic mass is 16.5. The predicted octanol–water partition coefficient (Wildman–Crippen LogP) is 2.09. The molecule has 1 aromatic carbocycles. The van der Waals surface area contributed by atoms with E-state index in [2.05, 4.69) is 10.2 Å². The monoisotopic (exact) mass is 343 g/mol. The third-order valence-corrected chi connectivity index (χ3v) is 4.44. The van der Waals surface area contributed by atoms with Gasteiger partial charge in [-0.2, -0.15) is 5.10 Å². The number of fused-ring (bicyclic) bond motifs is 1. The number of ether oxygens (including phenoxy) is 2. The lowest BCUT2D eigenvalue weighted by molar-refractivity contribution is 0.0599. The maximum absolute atomic E-state index is 12.7. The molecule has 0 radical (unpaired) electrons. The number of carbonyl (C=O) groups is 2. The molecule has 0 saturated heterocycles. The molecule has 2 aromatic rings. The minimum atomic E-state index is -0.383. The van der Waals surface area contributed by atoms with Gasteiger partial charge in [-0.3, -0.25) is 9.89 Å². The Morgan fingerprint density at radius 2 is 2.00 bits per heavy atom. The molecule has 1 aromatic heterocycles. The molecular weight excluding hydrogens is 322 g/mol. The van der Waals surface area contributed by atoms with Crippen LogP contribution in [0, 0.1) is 6.92 Å². The lowest BCUT2D eigenvalue weighted by atomic mass is 9.98. The lowest BCUT2D eigenvalue weighted by Gasteiger charge is -2.26. The summed E-state index contributed by atoms with van der Waals surface area (Å²) < 4.78 is 9.84. The molecule has 1 atom stereocenters. The number of H-pyrrole nitrogens is 1. The van der Waals surface area contributed by atoms with Gasteiger partial charge < -0.3 is 14.4 Å². The van der Waals surface area contributed by atoms with Crippen molar-refractivity contribution in [1.82, 2.24) is 15.1 Å². The zero-order valence-corrected chi connectivity index (χ0v) is 14.5. The molecule has 1 unspecified atom stereocenters. The van der Waals surface area contributed by atoms with E-state index in [9.17, 15) is 9.59 Å². The summed E-state index contributed by atoms with van der Waals surface area (Å²) in [5.41, 5.74) is 3.65. The molecule has 1 amide bonds. The molecule has 1 N–H and O–H groups in total. The van der Waals surface area contributed by atoms with Crippen molar-refractivity contribution < 1.29 is 19.1 Å². The molecule has 0 aliphatic carbocycles. The minimum absolute atomic E-state index is 0.0857. The van der Waals surface area contributed by atoms with E-state index in [1.165, 1.54) is 7.11 Å². The molecule has 0 spiro atoms. The van der Waals surface area contributed by atoms with Gasteiger partial charge in [-0.1, -0.05) is 12.1 Å². The quantitative estimate of drug-likeness (QED) is 0.641. The number of nitrogens with one attached hydrogen (secondary N) is 1. The number of esters is 1. The number of aromatic amines is 1. The molecule has 132 valence electrons. The number of hydrogen-bond donors (Lipinski definition) is 1. The maximum atomic E-state index is 12.7. The predicted molar refractivity (Wildman–Crippen MR) is 90.5 cm³/mol. The van der Waals surface area contributed by atoms with Gasteiger partial charge in [-0.25, -0.2) is 4.79 Å². The highest BCUT2D eigenvalue weighted by Gasteiger charge is 2.41. The van der Waals surface area contributed by atoms with Crippen molar-refractivity contribution in [3.8, 4) is 0 Å². The summed E-state index contributed by atoms with van der Waals surface area (Å²) in [5.74, 6) is -0.469. The topological polar surface area (TPSA) is 84.5 Å². The summed E-state index contributed by atoms with van der Waals surface area (Å²) in [5, 5.41) is 7.07. The number of rotatable bonds is 6. The largest absolute Gasteiger partial charge is 0.465 e. The first-order valence-corrected chi connectivity index (χ1v) is 8.11. The van der Waals surface area contributed by atoms with Gasteiger partial charge in [-0.05, 0) is 31.0 Å². The van der Waals surface area contributed by atoms with Gasteiger partial charge in [0.05, 0.1) is 18.7 Å². The summed E-state index contributed by atoms with van der Waals surface area (Å²) in [7, 11) is 2.99. The third kappa shape index (κ3) is 3.02. The second-order valence-corrected chi connectivity index (χ2v) is 5.97. The standard InChI is InChI=1S/C18H21N3O4/c1-11-14-15(20-19-11)17(22)21(9-4-10-24-2)16(14)12-5-7-13(8-6-12)18(23)25-3/h5-8,16H,4,9-10H2,1-3H3,(H,19,20). The van der Waals surface area contributed by atoms with Gasteiger partial charge in [0.25, 0.3) is 5.91 Å². The fraction of sp³-hybridized carbons (Fsp3) is 0.389. The Labute approximate surface area is 145 Å². The molecule has 7 heteroatoms. The number of aryl methyl sites for hydroxylation is 1. The van der Waals surface area contributed by atoms with Crippen LogP contribution < -0.4 is 0 Å². The Morgan fingerprint density at radius 3 is 2.64 bits per heavy atom. The van der Waals surface area contributed by atoms with E-state index in [-0.39, 0.29) is 17.9 Å². The summed E-state index contributed by atoms with van der Waals surface area (Å²) in [4.78, 5) is 26.2. The molecule has 25 heavy (non-hydrogen) atoms. The van der Waals surface area contributed by atoms with E-state index in [0.717, 1.165) is 23.2 Å². The van der Waals surface area contributed by atoms with Crippen LogP contribution in [-0.2, 0) is 9.47 Å². The molecule has 3 rings (SSSR count). The van der Waals surface area contributed by atoms with Crippen molar-refractivity contribution in [2.24, 2.45) is 0 Å². The van der Waals surface area contributed by atoms with E-state index in [0.29, 0.717) is 24.4 Å². The van der Waals surface area contributed by atoms with Crippen LogP contribution in [-0.4, -0.2) is 54.3 Å². The van der Waals surface area contributed by atoms with Crippen molar-refractivity contribution in [3.05, 3.63) is 52.3 Å². The van der Waals surface area contributed by atoms with Crippen LogP contribution in [0.3, 0.4) is 0 Å². The highest BCUT2D eigenvalue weighted by molar-refractivity contribution is 5.98. The van der Waals surface area contributed by atoms with Gasteiger partial charge in [-0.15, -0.1) is 0 Å². The van der Waals surface area contributed by atoms with Crippen LogP contribution in [0.25, 0.3) is 0 Å². The zero-order valence-electron chi connectivity index (χ0n) is 14.5. The van der Waals surface area contributed by atoms with Crippen molar-refractivity contribution in [3.63, 3.8) is 0 Å². The van der Waals surface area contributed by atoms with Crippen molar-refractivity contribution in [2.45, 2.75) is 19.4 Å². The smallest absolute Gasteiger partial charge is 0.337 e. The summed E-state index contributed by atoms with van der Waals surface area (Å²) in [6, 6.07) is 6.92. The number of nitrogens with zero attached hydrogens (tertiary/aromatic N) is 2. The number of amides is 1. The van der Waals surface area contributed by atoms with E-state index in [1.807, 2.05) is 24.0 Å². The summed E-state index contributed by atoms with van der Waals surface area (Å²) >= 11 is 0. The van der Waals surface area contributed by atoms with Gasteiger partial charge >= 0.3 is 5.97 Å². The normalized spacial score (nSPS) is 16.2. The fourth-order valence-corrected chi connectivity index (χ4v) is 3.22. The molecule has 0 bridgehead atoms. The van der Waals surface area contributed by atoms with Crippen LogP contribution in [0.15, 0.2) is 24.3 Å². The first-order valence-electron chi connectivity index (χ1n) is 8.11. The molecule has 1 aliphatic heterocycles. The zero-order chi connectivity index (χ0) is 18.0. The van der Waals surface area contributed by atoms with E-state index in [4.69, 9.17) is 9.47 Å². The SMILES string of the molecule is COCCCN1C(=O)c2n[nH]c(C)c2C1c1ccc(C(=O)OC)cc1. The van der Waals surface area contributed by atoms with Crippen LogP contribution >= 0.6 is 0 Å². The van der Waals surface area contributed by atoms with E-state index < -0.39 is 0 Å².